The molecule has 9 heteroatoms. The number of amides is 1. The van der Waals surface area contributed by atoms with E-state index in [0.717, 1.165) is 12.3 Å². The number of carbonyl (C=O) groups is 2. The van der Waals surface area contributed by atoms with Crippen molar-refractivity contribution in [1.29, 1.82) is 0 Å². The quantitative estimate of drug-likeness (QED) is 0.535. The largest absolute Gasteiger partial charge is 0.481 e. The molecule has 32 heavy (non-hydrogen) atoms. The molecule has 0 spiro atoms. The predicted octanol–water partition coefficient (Wildman–Crippen LogP) is 3.60. The summed E-state index contributed by atoms with van der Waals surface area (Å²) in [6, 6.07) is 11.7. The molecule has 1 heterocycles. The maximum Gasteiger partial charge on any atom is 0.378 e. The maximum atomic E-state index is 13.8. The van der Waals surface area contributed by atoms with Crippen LogP contribution in [-0.4, -0.2) is 18.5 Å². The van der Waals surface area contributed by atoms with Gasteiger partial charge in [0, 0.05) is 18.2 Å². The lowest BCUT2D eigenvalue weighted by Gasteiger charge is -2.11. The summed E-state index contributed by atoms with van der Waals surface area (Å²) in [6.45, 7) is 1.25. The van der Waals surface area contributed by atoms with Gasteiger partial charge in [0.2, 0.25) is 11.2 Å². The van der Waals surface area contributed by atoms with Crippen molar-refractivity contribution in [3.63, 3.8) is 0 Å². The van der Waals surface area contributed by atoms with Crippen LogP contribution in [0.5, 0.6) is 5.75 Å². The van der Waals surface area contributed by atoms with Crippen LogP contribution in [0.3, 0.4) is 0 Å². The first-order chi connectivity index (χ1) is 15.4. The molecule has 1 amide bonds. The number of rotatable bonds is 8. The minimum Gasteiger partial charge on any atom is -0.481 e. The van der Waals surface area contributed by atoms with Gasteiger partial charge < -0.3 is 19.2 Å². The average molecular weight is 443 g/mol. The van der Waals surface area contributed by atoms with E-state index in [2.05, 4.69) is 5.32 Å². The molecule has 166 valence electrons. The van der Waals surface area contributed by atoms with Gasteiger partial charge in [0.05, 0.1) is 6.61 Å². The van der Waals surface area contributed by atoms with E-state index in [1.54, 1.807) is 37.3 Å². The number of carbonyl (C=O) groups excluding carboxylic acids is 2. The van der Waals surface area contributed by atoms with Crippen LogP contribution in [0.15, 0.2) is 64.0 Å². The van der Waals surface area contributed by atoms with Crippen LogP contribution in [0.4, 0.5) is 8.78 Å². The van der Waals surface area contributed by atoms with Crippen LogP contribution in [0.25, 0.3) is 0 Å². The monoisotopic (exact) mass is 443 g/mol. The normalized spacial score (nSPS) is 10.5. The van der Waals surface area contributed by atoms with E-state index in [1.165, 1.54) is 6.07 Å². The Morgan fingerprint density at radius 1 is 1.09 bits per heavy atom. The third-order valence-electron chi connectivity index (χ3n) is 4.34. The number of nitrogens with one attached hydrogen (secondary N) is 1. The van der Waals surface area contributed by atoms with Gasteiger partial charge in [0.1, 0.15) is 30.1 Å². The summed E-state index contributed by atoms with van der Waals surface area (Å²) in [6.07, 6.45) is 0.806. The van der Waals surface area contributed by atoms with Gasteiger partial charge in [-0.2, -0.15) is 0 Å². The van der Waals surface area contributed by atoms with Gasteiger partial charge in [-0.3, -0.25) is 9.59 Å². The van der Waals surface area contributed by atoms with Crippen LogP contribution in [0, 0.1) is 11.6 Å². The summed E-state index contributed by atoms with van der Waals surface area (Å²) in [5, 5.41) is 2.36. The van der Waals surface area contributed by atoms with Crippen LogP contribution in [0.1, 0.15) is 39.0 Å². The van der Waals surface area contributed by atoms with Crippen molar-refractivity contribution in [2.24, 2.45) is 0 Å². The Kier molecular flexibility index (Phi) is 7.33. The molecule has 0 aliphatic rings. The molecule has 7 nitrogen and oxygen atoms in total. The highest BCUT2D eigenvalue weighted by Gasteiger charge is 2.25. The molecule has 1 N–H and O–H groups in total. The number of halogens is 2. The van der Waals surface area contributed by atoms with Crippen molar-refractivity contribution in [3.05, 3.63) is 99.1 Å². The van der Waals surface area contributed by atoms with Crippen molar-refractivity contribution in [2.45, 2.75) is 20.1 Å². The van der Waals surface area contributed by atoms with Gasteiger partial charge in [-0.15, -0.1) is 0 Å². The van der Waals surface area contributed by atoms with E-state index in [1.807, 2.05) is 0 Å². The second-order valence-corrected chi connectivity index (χ2v) is 6.55. The summed E-state index contributed by atoms with van der Waals surface area (Å²) < 4.78 is 42.4. The first-order valence-electron chi connectivity index (χ1n) is 9.62. The van der Waals surface area contributed by atoms with Crippen LogP contribution < -0.4 is 15.5 Å². The topological polar surface area (TPSA) is 94.8 Å². The third kappa shape index (κ3) is 5.37. The molecule has 1 aromatic heterocycles. The number of hydrogen-bond donors (Lipinski definition) is 1. The van der Waals surface area contributed by atoms with Gasteiger partial charge in [-0.1, -0.05) is 36.4 Å². The number of benzene rings is 2. The average Bonchev–Trinajstić information content (AvgIpc) is 2.78. The van der Waals surface area contributed by atoms with Crippen LogP contribution in [-0.2, 0) is 17.9 Å². The fraction of sp³-hybridized carbons (Fsp3) is 0.174. The Labute approximate surface area is 181 Å². The molecule has 2 aromatic carbocycles. The molecule has 0 fully saturated rings. The van der Waals surface area contributed by atoms with Gasteiger partial charge in [-0.05, 0) is 18.6 Å². The highest BCUT2D eigenvalue weighted by atomic mass is 19.1. The van der Waals surface area contributed by atoms with E-state index in [4.69, 9.17) is 13.9 Å². The lowest BCUT2D eigenvalue weighted by atomic mass is 10.2. The standard InChI is InChI=1S/C23H19F2NO6/c1-2-30-23(29)21-20(31-12-14-6-4-3-5-7-14)19(27)17(13-32-21)22(28)26-11-15-8-9-16(24)10-18(15)25/h3-10,13H,2,11-12H2,1H3,(H,26,28). The molecule has 0 aliphatic carbocycles. The summed E-state index contributed by atoms with van der Waals surface area (Å²) in [5.41, 5.74) is -0.618. The zero-order chi connectivity index (χ0) is 23.1. The SMILES string of the molecule is CCOC(=O)c1occ(C(=O)NCc2ccc(F)cc2F)c(=O)c1OCc1ccccc1. The summed E-state index contributed by atoms with van der Waals surface area (Å²) >= 11 is 0. The molecule has 0 radical (unpaired) electrons. The van der Waals surface area contributed by atoms with E-state index >= 15 is 0 Å². The molecular weight excluding hydrogens is 424 g/mol. The van der Waals surface area contributed by atoms with Crippen molar-refractivity contribution < 1.29 is 32.3 Å². The van der Waals surface area contributed by atoms with E-state index < -0.39 is 46.0 Å². The molecule has 0 saturated heterocycles. The second-order valence-electron chi connectivity index (χ2n) is 6.55. The maximum absolute atomic E-state index is 13.8. The summed E-state index contributed by atoms with van der Waals surface area (Å²) in [7, 11) is 0. The fourth-order valence-corrected chi connectivity index (χ4v) is 2.74. The first kappa shape index (κ1) is 22.7. The zero-order valence-corrected chi connectivity index (χ0v) is 17.0. The Hall–Kier alpha value is -4.01. The molecule has 0 unspecified atom stereocenters. The molecule has 0 saturated carbocycles. The van der Waals surface area contributed by atoms with E-state index in [-0.39, 0.29) is 25.3 Å². The smallest absolute Gasteiger partial charge is 0.378 e. The van der Waals surface area contributed by atoms with Crippen LogP contribution >= 0.6 is 0 Å². The van der Waals surface area contributed by atoms with E-state index in [9.17, 15) is 23.2 Å². The van der Waals surface area contributed by atoms with Gasteiger partial charge in [-0.25, -0.2) is 13.6 Å². The van der Waals surface area contributed by atoms with Gasteiger partial charge in [0.25, 0.3) is 11.7 Å². The third-order valence-corrected chi connectivity index (χ3v) is 4.34. The van der Waals surface area contributed by atoms with Gasteiger partial charge in [0.15, 0.2) is 0 Å². The number of esters is 1. The van der Waals surface area contributed by atoms with Crippen LogP contribution in [0.2, 0.25) is 0 Å². The van der Waals surface area contributed by atoms with Gasteiger partial charge >= 0.3 is 5.97 Å². The lowest BCUT2D eigenvalue weighted by molar-refractivity contribution is 0.0477. The molecule has 3 rings (SSSR count). The minimum absolute atomic E-state index is 0.0211. The Morgan fingerprint density at radius 3 is 2.53 bits per heavy atom. The molecule has 0 bridgehead atoms. The highest BCUT2D eigenvalue weighted by molar-refractivity contribution is 5.95. The minimum atomic E-state index is -0.923. The van der Waals surface area contributed by atoms with Crippen molar-refractivity contribution >= 4 is 11.9 Å². The zero-order valence-electron chi connectivity index (χ0n) is 17.0. The Bertz CT molecular complexity index is 1180. The summed E-state index contributed by atoms with van der Waals surface area (Å²) in [5.74, 6) is -4.37. The van der Waals surface area contributed by atoms with E-state index in [0.29, 0.717) is 11.6 Å². The predicted molar refractivity (Wildman–Crippen MR) is 109 cm³/mol. The van der Waals surface area contributed by atoms with Crippen molar-refractivity contribution in [3.8, 4) is 5.75 Å². The molecule has 0 atom stereocenters. The van der Waals surface area contributed by atoms with Crippen molar-refractivity contribution in [1.82, 2.24) is 5.32 Å². The first-order valence-corrected chi connectivity index (χ1v) is 9.62. The molecule has 0 aliphatic heterocycles. The summed E-state index contributed by atoms with van der Waals surface area (Å²) in [4.78, 5) is 37.6. The Balaban J connectivity index is 1.86. The number of ether oxygens (including phenoxy) is 2. The number of hydrogen-bond acceptors (Lipinski definition) is 6. The molecular formula is C23H19F2NO6. The lowest BCUT2D eigenvalue weighted by Crippen LogP contribution is -2.30. The second kappa shape index (κ2) is 10.3. The Morgan fingerprint density at radius 2 is 1.84 bits per heavy atom. The highest BCUT2D eigenvalue weighted by Crippen LogP contribution is 2.18. The fourth-order valence-electron chi connectivity index (χ4n) is 2.74. The molecule has 3 aromatic rings. The van der Waals surface area contributed by atoms with Crippen molar-refractivity contribution in [2.75, 3.05) is 6.61 Å².